The number of rotatable bonds is 7. The van der Waals surface area contributed by atoms with Gasteiger partial charge in [-0.15, -0.1) is 0 Å². The zero-order valence-electron chi connectivity index (χ0n) is 14.9. The van der Waals surface area contributed by atoms with Gasteiger partial charge in [-0.05, 0) is 63.1 Å². The SMILES string of the molecule is CC(C1CC1)N(CC(=O)Nc1cccc(N2CCCC2=O)c1)C1CC1. The Hall–Kier alpha value is -1.88. The maximum absolute atomic E-state index is 12.6. The van der Waals surface area contributed by atoms with Gasteiger partial charge in [0, 0.05) is 36.4 Å². The number of hydrogen-bond donors (Lipinski definition) is 1. The lowest BCUT2D eigenvalue weighted by atomic mass is 10.1. The first-order chi connectivity index (χ1) is 12.1. The number of carbonyl (C=O) groups excluding carboxylic acids is 2. The van der Waals surface area contributed by atoms with E-state index in [0.29, 0.717) is 25.0 Å². The van der Waals surface area contributed by atoms with Crippen molar-refractivity contribution in [2.45, 2.75) is 57.5 Å². The Morgan fingerprint density at radius 1 is 1.32 bits per heavy atom. The van der Waals surface area contributed by atoms with Gasteiger partial charge >= 0.3 is 0 Å². The maximum Gasteiger partial charge on any atom is 0.238 e. The van der Waals surface area contributed by atoms with Crippen molar-refractivity contribution in [2.75, 3.05) is 23.3 Å². The van der Waals surface area contributed by atoms with Crippen LogP contribution in [0.2, 0.25) is 0 Å². The Bertz CT molecular complexity index is 667. The van der Waals surface area contributed by atoms with Crippen molar-refractivity contribution >= 4 is 23.2 Å². The van der Waals surface area contributed by atoms with Crippen molar-refractivity contribution in [3.05, 3.63) is 24.3 Å². The summed E-state index contributed by atoms with van der Waals surface area (Å²) in [5, 5.41) is 3.03. The van der Waals surface area contributed by atoms with Crippen molar-refractivity contribution < 1.29 is 9.59 Å². The molecule has 0 aromatic heterocycles. The molecule has 1 aromatic rings. The second-order valence-electron chi connectivity index (χ2n) is 7.73. The monoisotopic (exact) mass is 341 g/mol. The number of anilines is 2. The second kappa shape index (κ2) is 6.79. The van der Waals surface area contributed by atoms with Gasteiger partial charge in [0.15, 0.2) is 0 Å². The quantitative estimate of drug-likeness (QED) is 0.829. The summed E-state index contributed by atoms with van der Waals surface area (Å²) < 4.78 is 0. The molecule has 2 saturated carbocycles. The minimum atomic E-state index is 0.0456. The van der Waals surface area contributed by atoms with E-state index in [1.54, 1.807) is 4.90 Å². The van der Waals surface area contributed by atoms with E-state index in [0.717, 1.165) is 30.3 Å². The van der Waals surface area contributed by atoms with Crippen molar-refractivity contribution in [3.63, 3.8) is 0 Å². The number of hydrogen-bond acceptors (Lipinski definition) is 3. The number of nitrogens with zero attached hydrogens (tertiary/aromatic N) is 2. The molecule has 1 heterocycles. The molecule has 1 N–H and O–H groups in total. The van der Waals surface area contributed by atoms with Gasteiger partial charge in [0.25, 0.3) is 0 Å². The first-order valence-corrected chi connectivity index (χ1v) is 9.58. The van der Waals surface area contributed by atoms with Crippen LogP contribution in [0.1, 0.15) is 45.4 Å². The lowest BCUT2D eigenvalue weighted by Gasteiger charge is -2.28. The van der Waals surface area contributed by atoms with Crippen LogP contribution in [0.4, 0.5) is 11.4 Å². The van der Waals surface area contributed by atoms with E-state index in [9.17, 15) is 9.59 Å². The number of nitrogens with one attached hydrogen (secondary N) is 1. The number of amides is 2. The molecule has 4 rings (SSSR count). The normalized spacial score (nSPS) is 21.7. The van der Waals surface area contributed by atoms with E-state index in [-0.39, 0.29) is 11.8 Å². The molecule has 2 aliphatic carbocycles. The summed E-state index contributed by atoms with van der Waals surface area (Å²) in [5.41, 5.74) is 1.66. The van der Waals surface area contributed by atoms with Crippen LogP contribution in [0.3, 0.4) is 0 Å². The summed E-state index contributed by atoms with van der Waals surface area (Å²) in [6.45, 7) is 3.50. The molecule has 1 unspecified atom stereocenters. The summed E-state index contributed by atoms with van der Waals surface area (Å²) in [5.74, 6) is 0.990. The van der Waals surface area contributed by atoms with Gasteiger partial charge in [-0.1, -0.05) is 6.07 Å². The van der Waals surface area contributed by atoms with Crippen LogP contribution < -0.4 is 10.2 Å². The molecule has 1 atom stereocenters. The van der Waals surface area contributed by atoms with Crippen LogP contribution >= 0.6 is 0 Å². The number of carbonyl (C=O) groups is 2. The zero-order chi connectivity index (χ0) is 17.4. The fraction of sp³-hybridized carbons (Fsp3) is 0.600. The Morgan fingerprint density at radius 2 is 2.12 bits per heavy atom. The van der Waals surface area contributed by atoms with Crippen LogP contribution in [-0.4, -0.2) is 41.9 Å². The fourth-order valence-electron chi connectivity index (χ4n) is 3.90. The Morgan fingerprint density at radius 3 is 2.76 bits per heavy atom. The third-order valence-electron chi connectivity index (χ3n) is 5.68. The average Bonchev–Trinajstić information content (AvgIpc) is 3.50. The highest BCUT2D eigenvalue weighted by molar-refractivity contribution is 5.97. The van der Waals surface area contributed by atoms with Crippen LogP contribution in [-0.2, 0) is 9.59 Å². The zero-order valence-corrected chi connectivity index (χ0v) is 14.9. The third-order valence-corrected chi connectivity index (χ3v) is 5.68. The van der Waals surface area contributed by atoms with E-state index >= 15 is 0 Å². The topological polar surface area (TPSA) is 52.7 Å². The Balaban J connectivity index is 1.39. The molecule has 25 heavy (non-hydrogen) atoms. The summed E-state index contributed by atoms with van der Waals surface area (Å²) in [6, 6.07) is 8.74. The highest BCUT2D eigenvalue weighted by atomic mass is 16.2. The molecule has 0 spiro atoms. The standard InChI is InChI=1S/C20H27N3O2/c1-14(15-7-8-15)23(17-9-10-17)13-19(24)21-16-4-2-5-18(12-16)22-11-3-6-20(22)25/h2,4-5,12,14-15,17H,3,6-11,13H2,1H3,(H,21,24). The van der Waals surface area contributed by atoms with Gasteiger partial charge in [-0.3, -0.25) is 14.5 Å². The molecule has 0 bridgehead atoms. The van der Waals surface area contributed by atoms with Gasteiger partial charge < -0.3 is 10.2 Å². The van der Waals surface area contributed by atoms with Crippen molar-refractivity contribution in [1.82, 2.24) is 4.90 Å². The smallest absolute Gasteiger partial charge is 0.238 e. The van der Waals surface area contributed by atoms with E-state index in [4.69, 9.17) is 0 Å². The van der Waals surface area contributed by atoms with Crippen LogP contribution in [0.5, 0.6) is 0 Å². The van der Waals surface area contributed by atoms with Crippen molar-refractivity contribution in [3.8, 4) is 0 Å². The van der Waals surface area contributed by atoms with E-state index in [2.05, 4.69) is 17.1 Å². The second-order valence-corrected chi connectivity index (χ2v) is 7.73. The molecule has 1 saturated heterocycles. The van der Waals surface area contributed by atoms with E-state index < -0.39 is 0 Å². The Kier molecular flexibility index (Phi) is 4.50. The van der Waals surface area contributed by atoms with Crippen molar-refractivity contribution in [1.29, 1.82) is 0 Å². The summed E-state index contributed by atoms with van der Waals surface area (Å²) in [7, 11) is 0. The first kappa shape index (κ1) is 16.6. The summed E-state index contributed by atoms with van der Waals surface area (Å²) in [6.07, 6.45) is 6.57. The molecule has 134 valence electrons. The van der Waals surface area contributed by atoms with Gasteiger partial charge in [-0.25, -0.2) is 0 Å². The van der Waals surface area contributed by atoms with Gasteiger partial charge in [-0.2, -0.15) is 0 Å². The van der Waals surface area contributed by atoms with E-state index in [1.807, 2.05) is 24.3 Å². The fourth-order valence-corrected chi connectivity index (χ4v) is 3.90. The molecular weight excluding hydrogens is 314 g/mol. The minimum Gasteiger partial charge on any atom is -0.325 e. The Labute approximate surface area is 149 Å². The highest BCUT2D eigenvalue weighted by Gasteiger charge is 2.39. The predicted molar refractivity (Wildman–Crippen MR) is 98.6 cm³/mol. The molecular formula is C20H27N3O2. The van der Waals surface area contributed by atoms with Crippen LogP contribution in [0.15, 0.2) is 24.3 Å². The molecule has 1 aromatic carbocycles. The maximum atomic E-state index is 12.6. The third kappa shape index (κ3) is 3.87. The molecule has 0 radical (unpaired) electrons. The largest absolute Gasteiger partial charge is 0.325 e. The number of benzene rings is 1. The molecule has 3 aliphatic rings. The highest BCUT2D eigenvalue weighted by Crippen LogP contribution is 2.39. The van der Waals surface area contributed by atoms with Gasteiger partial charge in [0.1, 0.15) is 0 Å². The lowest BCUT2D eigenvalue weighted by molar-refractivity contribution is -0.118. The van der Waals surface area contributed by atoms with Gasteiger partial charge in [0.05, 0.1) is 6.54 Å². The molecule has 3 fully saturated rings. The first-order valence-electron chi connectivity index (χ1n) is 9.58. The summed E-state index contributed by atoms with van der Waals surface area (Å²) in [4.78, 5) is 28.7. The van der Waals surface area contributed by atoms with Gasteiger partial charge in [0.2, 0.25) is 11.8 Å². The van der Waals surface area contributed by atoms with Crippen LogP contribution in [0.25, 0.3) is 0 Å². The average molecular weight is 341 g/mol. The molecule has 1 aliphatic heterocycles. The lowest BCUT2D eigenvalue weighted by Crippen LogP contribution is -2.42. The van der Waals surface area contributed by atoms with Crippen LogP contribution in [0, 0.1) is 5.92 Å². The summed E-state index contributed by atoms with van der Waals surface area (Å²) >= 11 is 0. The molecule has 5 nitrogen and oxygen atoms in total. The van der Waals surface area contributed by atoms with Crippen molar-refractivity contribution in [2.24, 2.45) is 5.92 Å². The molecule has 2 amide bonds. The molecule has 5 heteroatoms. The van der Waals surface area contributed by atoms with E-state index in [1.165, 1.54) is 25.7 Å². The minimum absolute atomic E-state index is 0.0456. The predicted octanol–water partition coefficient (Wildman–Crippen LogP) is 3.01.